The SMILES string of the molecule is Cc1ccc(-n2nccn2)c(C(=O)N2CCCC2c2nc(-c3cn(C)c4ncccc34)no2)c1. The fourth-order valence-corrected chi connectivity index (χ4v) is 4.63. The largest absolute Gasteiger partial charge is 0.337 e. The van der Waals surface area contributed by atoms with Crippen LogP contribution in [0.25, 0.3) is 28.1 Å². The smallest absolute Gasteiger partial charge is 0.256 e. The maximum absolute atomic E-state index is 13.7. The Hall–Kier alpha value is -4.34. The van der Waals surface area contributed by atoms with E-state index in [2.05, 4.69) is 20.3 Å². The molecular formula is C24H22N8O2. The van der Waals surface area contributed by atoms with E-state index in [0.29, 0.717) is 29.5 Å². The van der Waals surface area contributed by atoms with Crippen molar-refractivity contribution in [3.05, 3.63) is 72.1 Å². The molecule has 0 N–H and O–H groups in total. The van der Waals surface area contributed by atoms with E-state index < -0.39 is 0 Å². The minimum atomic E-state index is -0.291. The van der Waals surface area contributed by atoms with Crippen molar-refractivity contribution >= 4 is 16.9 Å². The topological polar surface area (TPSA) is 108 Å². The minimum absolute atomic E-state index is 0.104. The lowest BCUT2D eigenvalue weighted by atomic mass is 10.1. The van der Waals surface area contributed by atoms with Crippen LogP contribution < -0.4 is 0 Å². The number of likely N-dealkylation sites (tertiary alicyclic amines) is 1. The van der Waals surface area contributed by atoms with E-state index in [1.165, 1.54) is 4.80 Å². The molecule has 170 valence electrons. The normalized spacial score (nSPS) is 15.9. The fraction of sp³-hybridized carbons (Fsp3) is 0.250. The zero-order valence-electron chi connectivity index (χ0n) is 18.8. The molecule has 1 aromatic carbocycles. The lowest BCUT2D eigenvalue weighted by molar-refractivity contribution is 0.0709. The Bertz CT molecular complexity index is 1500. The van der Waals surface area contributed by atoms with Gasteiger partial charge >= 0.3 is 0 Å². The number of aryl methyl sites for hydroxylation is 2. The van der Waals surface area contributed by atoms with Crippen LogP contribution in [0.5, 0.6) is 0 Å². The van der Waals surface area contributed by atoms with Crippen LogP contribution in [0.4, 0.5) is 0 Å². The number of carbonyl (C=O) groups excluding carboxylic acids is 1. The first-order valence-corrected chi connectivity index (χ1v) is 11.1. The highest BCUT2D eigenvalue weighted by Crippen LogP contribution is 2.35. The van der Waals surface area contributed by atoms with Gasteiger partial charge in [-0.3, -0.25) is 4.79 Å². The number of pyridine rings is 1. The third-order valence-corrected chi connectivity index (χ3v) is 6.23. The van der Waals surface area contributed by atoms with Gasteiger partial charge in [0.1, 0.15) is 11.7 Å². The third-order valence-electron chi connectivity index (χ3n) is 6.23. The van der Waals surface area contributed by atoms with Crippen LogP contribution in [0.2, 0.25) is 0 Å². The van der Waals surface area contributed by atoms with Crippen molar-refractivity contribution in [2.24, 2.45) is 7.05 Å². The van der Waals surface area contributed by atoms with Gasteiger partial charge in [0.2, 0.25) is 11.7 Å². The summed E-state index contributed by atoms with van der Waals surface area (Å²) in [5.41, 5.74) is 3.87. The molecule has 1 atom stereocenters. The highest BCUT2D eigenvalue weighted by atomic mass is 16.5. The van der Waals surface area contributed by atoms with Crippen molar-refractivity contribution in [1.82, 2.24) is 39.6 Å². The number of fused-ring (bicyclic) bond motifs is 1. The minimum Gasteiger partial charge on any atom is -0.337 e. The third kappa shape index (κ3) is 3.26. The Balaban J connectivity index is 1.35. The van der Waals surface area contributed by atoms with Crippen LogP contribution in [0, 0.1) is 6.92 Å². The maximum Gasteiger partial charge on any atom is 0.256 e. The molecule has 10 heteroatoms. The molecule has 34 heavy (non-hydrogen) atoms. The number of aromatic nitrogens is 7. The second-order valence-corrected chi connectivity index (χ2v) is 8.48. The van der Waals surface area contributed by atoms with Crippen molar-refractivity contribution in [1.29, 1.82) is 0 Å². The molecule has 0 spiro atoms. The Labute approximate surface area is 194 Å². The monoisotopic (exact) mass is 454 g/mol. The van der Waals surface area contributed by atoms with Crippen LogP contribution >= 0.6 is 0 Å². The Kier molecular flexibility index (Phi) is 4.72. The standard InChI is InChI=1S/C24H22N8O2/c1-15-7-8-19(32-26-10-11-27-32)17(13-15)24(33)31-12-4-6-20(31)23-28-21(29-34-23)18-14-30(2)22-16(18)5-3-9-25-22/h3,5,7-11,13-14,20H,4,6,12H2,1-2H3. The van der Waals surface area contributed by atoms with Gasteiger partial charge < -0.3 is 14.0 Å². The molecule has 0 saturated carbocycles. The molecule has 0 bridgehead atoms. The van der Waals surface area contributed by atoms with Gasteiger partial charge in [-0.25, -0.2) is 4.98 Å². The second kappa shape index (κ2) is 7.91. The lowest BCUT2D eigenvalue weighted by Gasteiger charge is -2.23. The average molecular weight is 454 g/mol. The van der Waals surface area contributed by atoms with Gasteiger partial charge in [-0.15, -0.1) is 0 Å². The summed E-state index contributed by atoms with van der Waals surface area (Å²) < 4.78 is 7.63. The lowest BCUT2D eigenvalue weighted by Crippen LogP contribution is -2.31. The van der Waals surface area contributed by atoms with E-state index in [1.807, 2.05) is 60.0 Å². The zero-order valence-corrected chi connectivity index (χ0v) is 18.8. The van der Waals surface area contributed by atoms with Gasteiger partial charge in [-0.2, -0.15) is 20.0 Å². The summed E-state index contributed by atoms with van der Waals surface area (Å²) in [7, 11) is 1.94. The molecular weight excluding hydrogens is 432 g/mol. The van der Waals surface area contributed by atoms with E-state index in [9.17, 15) is 4.79 Å². The van der Waals surface area contributed by atoms with Crippen LogP contribution in [-0.2, 0) is 7.05 Å². The number of amides is 1. The molecule has 1 saturated heterocycles. The Morgan fingerprint density at radius 3 is 2.85 bits per heavy atom. The number of hydrogen-bond acceptors (Lipinski definition) is 7. The summed E-state index contributed by atoms with van der Waals surface area (Å²) in [6, 6.07) is 9.27. The molecule has 0 aliphatic carbocycles. The van der Waals surface area contributed by atoms with Gasteiger partial charge in [0.25, 0.3) is 5.91 Å². The van der Waals surface area contributed by atoms with Crippen molar-refractivity contribution in [2.45, 2.75) is 25.8 Å². The summed E-state index contributed by atoms with van der Waals surface area (Å²) in [6.07, 6.45) is 8.50. The molecule has 5 heterocycles. The Morgan fingerprint density at radius 2 is 2.00 bits per heavy atom. The van der Waals surface area contributed by atoms with Crippen molar-refractivity contribution in [3.63, 3.8) is 0 Å². The average Bonchev–Trinajstić information content (AvgIpc) is 3.65. The first-order chi connectivity index (χ1) is 16.6. The molecule has 1 aliphatic rings. The summed E-state index contributed by atoms with van der Waals surface area (Å²) in [4.78, 5) is 26.1. The first-order valence-electron chi connectivity index (χ1n) is 11.1. The van der Waals surface area contributed by atoms with Crippen LogP contribution in [-0.4, -0.2) is 52.0 Å². The van der Waals surface area contributed by atoms with Crippen LogP contribution in [0.1, 0.15) is 40.7 Å². The van der Waals surface area contributed by atoms with Crippen LogP contribution in [0.15, 0.2) is 59.6 Å². The molecule has 1 fully saturated rings. The van der Waals surface area contributed by atoms with E-state index in [4.69, 9.17) is 9.51 Å². The van der Waals surface area contributed by atoms with E-state index in [1.54, 1.807) is 18.6 Å². The highest BCUT2D eigenvalue weighted by Gasteiger charge is 2.36. The second-order valence-electron chi connectivity index (χ2n) is 8.48. The molecule has 1 aliphatic heterocycles. The molecule has 1 unspecified atom stereocenters. The van der Waals surface area contributed by atoms with Crippen molar-refractivity contribution in [3.8, 4) is 17.1 Å². The van der Waals surface area contributed by atoms with Crippen molar-refractivity contribution < 1.29 is 9.32 Å². The molecule has 0 radical (unpaired) electrons. The highest BCUT2D eigenvalue weighted by molar-refractivity contribution is 5.98. The van der Waals surface area contributed by atoms with Crippen molar-refractivity contribution in [2.75, 3.05) is 6.54 Å². The number of benzene rings is 1. The summed E-state index contributed by atoms with van der Waals surface area (Å²) in [5, 5.41) is 13.6. The predicted octanol–water partition coefficient (Wildman–Crippen LogP) is 3.49. The summed E-state index contributed by atoms with van der Waals surface area (Å²) >= 11 is 0. The predicted molar refractivity (Wildman–Crippen MR) is 123 cm³/mol. The van der Waals surface area contributed by atoms with Gasteiger partial charge in [0.05, 0.1) is 23.6 Å². The molecule has 5 aromatic rings. The quantitative estimate of drug-likeness (QED) is 0.409. The maximum atomic E-state index is 13.7. The zero-order chi connectivity index (χ0) is 23.2. The van der Waals surface area contributed by atoms with E-state index in [-0.39, 0.29) is 11.9 Å². The Morgan fingerprint density at radius 1 is 1.15 bits per heavy atom. The number of nitrogens with zero attached hydrogens (tertiary/aromatic N) is 8. The first kappa shape index (κ1) is 20.3. The van der Waals surface area contributed by atoms with Gasteiger partial charge in [-0.1, -0.05) is 16.8 Å². The van der Waals surface area contributed by atoms with Gasteiger partial charge in [0.15, 0.2) is 0 Å². The van der Waals surface area contributed by atoms with Gasteiger partial charge in [-0.05, 0) is 44.0 Å². The van der Waals surface area contributed by atoms with Gasteiger partial charge in [0, 0.05) is 36.9 Å². The summed E-state index contributed by atoms with van der Waals surface area (Å²) in [6.45, 7) is 2.57. The van der Waals surface area contributed by atoms with Crippen LogP contribution in [0.3, 0.4) is 0 Å². The van der Waals surface area contributed by atoms with E-state index in [0.717, 1.165) is 35.0 Å². The molecule has 4 aromatic heterocycles. The number of hydrogen-bond donors (Lipinski definition) is 0. The molecule has 1 amide bonds. The fourth-order valence-electron chi connectivity index (χ4n) is 4.63. The number of carbonyl (C=O) groups is 1. The van der Waals surface area contributed by atoms with E-state index >= 15 is 0 Å². The molecule has 6 rings (SSSR count). The summed E-state index contributed by atoms with van der Waals surface area (Å²) in [5.74, 6) is 0.825. The number of rotatable bonds is 4. The molecule has 10 nitrogen and oxygen atoms in total.